The van der Waals surface area contributed by atoms with Crippen LogP contribution < -0.4 is 15.0 Å². The van der Waals surface area contributed by atoms with Crippen LogP contribution >= 0.6 is 0 Å². The van der Waals surface area contributed by atoms with Crippen molar-refractivity contribution < 1.29 is 9.53 Å². The second-order valence-corrected chi connectivity index (χ2v) is 8.05. The van der Waals surface area contributed by atoms with E-state index in [0.29, 0.717) is 11.8 Å². The standard InChI is InChI=1S/C23H32N4O2/c1-4-18-5-7-20(8-6-18)29-22-15-21(25-16-26-22)27-13-10-19(11-14-27)23(28)24-12-9-17(2)3/h5-8,15-17,19H,4,9-14H2,1-3H3,(H,24,28). The van der Waals surface area contributed by atoms with Crippen LogP contribution in [0.1, 0.15) is 45.6 Å². The monoisotopic (exact) mass is 396 g/mol. The van der Waals surface area contributed by atoms with Gasteiger partial charge >= 0.3 is 0 Å². The molecular formula is C23H32N4O2. The second-order valence-electron chi connectivity index (χ2n) is 8.05. The molecule has 1 aliphatic rings. The summed E-state index contributed by atoms with van der Waals surface area (Å²) in [6.45, 7) is 8.86. The second kappa shape index (κ2) is 10.2. The molecule has 1 aromatic carbocycles. The summed E-state index contributed by atoms with van der Waals surface area (Å²) in [4.78, 5) is 23.2. The molecule has 1 amide bonds. The van der Waals surface area contributed by atoms with Gasteiger partial charge in [0.1, 0.15) is 17.9 Å². The van der Waals surface area contributed by atoms with Crippen molar-refractivity contribution in [2.75, 3.05) is 24.5 Å². The summed E-state index contributed by atoms with van der Waals surface area (Å²) in [7, 11) is 0. The minimum atomic E-state index is 0.0908. The minimum absolute atomic E-state index is 0.0908. The van der Waals surface area contributed by atoms with Gasteiger partial charge in [0.15, 0.2) is 0 Å². The van der Waals surface area contributed by atoms with E-state index in [2.05, 4.69) is 53.1 Å². The Kier molecular flexibility index (Phi) is 7.44. The molecule has 0 aliphatic carbocycles. The lowest BCUT2D eigenvalue weighted by Crippen LogP contribution is -2.41. The fraction of sp³-hybridized carbons (Fsp3) is 0.522. The van der Waals surface area contributed by atoms with Gasteiger partial charge in [0.2, 0.25) is 11.8 Å². The van der Waals surface area contributed by atoms with Gasteiger partial charge in [-0.25, -0.2) is 9.97 Å². The molecule has 6 heteroatoms. The average molecular weight is 397 g/mol. The number of carbonyl (C=O) groups is 1. The third-order valence-corrected chi connectivity index (χ3v) is 5.39. The van der Waals surface area contributed by atoms with Crippen molar-refractivity contribution in [3.63, 3.8) is 0 Å². The highest BCUT2D eigenvalue weighted by Gasteiger charge is 2.25. The van der Waals surface area contributed by atoms with Gasteiger partial charge in [0.25, 0.3) is 0 Å². The third-order valence-electron chi connectivity index (χ3n) is 5.39. The lowest BCUT2D eigenvalue weighted by atomic mass is 9.96. The van der Waals surface area contributed by atoms with Crippen LogP contribution in [0.5, 0.6) is 11.6 Å². The molecule has 156 valence electrons. The van der Waals surface area contributed by atoms with E-state index in [1.54, 1.807) is 0 Å². The maximum absolute atomic E-state index is 12.4. The first kappa shape index (κ1) is 21.1. The Hall–Kier alpha value is -2.63. The molecule has 0 spiro atoms. The Morgan fingerprint density at radius 1 is 1.21 bits per heavy atom. The molecule has 0 atom stereocenters. The predicted molar refractivity (Wildman–Crippen MR) is 115 cm³/mol. The number of benzene rings is 1. The summed E-state index contributed by atoms with van der Waals surface area (Å²) in [5.41, 5.74) is 1.27. The zero-order chi connectivity index (χ0) is 20.6. The number of nitrogens with zero attached hydrogens (tertiary/aromatic N) is 3. The van der Waals surface area contributed by atoms with Gasteiger partial charge in [-0.3, -0.25) is 4.79 Å². The van der Waals surface area contributed by atoms with Crippen molar-refractivity contribution in [2.24, 2.45) is 11.8 Å². The summed E-state index contributed by atoms with van der Waals surface area (Å²) in [5, 5.41) is 3.08. The van der Waals surface area contributed by atoms with E-state index < -0.39 is 0 Å². The maximum Gasteiger partial charge on any atom is 0.224 e. The molecule has 1 aliphatic heterocycles. The first-order chi connectivity index (χ1) is 14.0. The van der Waals surface area contributed by atoms with E-state index in [4.69, 9.17) is 4.74 Å². The number of amides is 1. The number of hydrogen-bond donors (Lipinski definition) is 1. The first-order valence-electron chi connectivity index (χ1n) is 10.7. The number of anilines is 1. The van der Waals surface area contributed by atoms with Crippen molar-refractivity contribution in [1.82, 2.24) is 15.3 Å². The van der Waals surface area contributed by atoms with E-state index >= 15 is 0 Å². The Labute approximate surface area is 173 Å². The highest BCUT2D eigenvalue weighted by atomic mass is 16.5. The van der Waals surface area contributed by atoms with Crippen molar-refractivity contribution in [1.29, 1.82) is 0 Å². The molecule has 2 aromatic rings. The molecule has 0 unspecified atom stereocenters. The summed E-state index contributed by atoms with van der Waals surface area (Å²) in [6.07, 6.45) is 5.24. The molecule has 6 nitrogen and oxygen atoms in total. The Bertz CT molecular complexity index is 784. The van der Waals surface area contributed by atoms with E-state index in [1.807, 2.05) is 18.2 Å². The molecule has 1 fully saturated rings. The first-order valence-corrected chi connectivity index (χ1v) is 10.7. The van der Waals surface area contributed by atoms with Crippen molar-refractivity contribution >= 4 is 11.7 Å². The van der Waals surface area contributed by atoms with Crippen LogP contribution in [0, 0.1) is 11.8 Å². The lowest BCUT2D eigenvalue weighted by molar-refractivity contribution is -0.125. The van der Waals surface area contributed by atoms with Crippen LogP contribution in [0.15, 0.2) is 36.7 Å². The van der Waals surface area contributed by atoms with Crippen LogP contribution in [0.25, 0.3) is 0 Å². The van der Waals surface area contributed by atoms with Crippen LogP contribution in [-0.4, -0.2) is 35.5 Å². The number of carbonyl (C=O) groups excluding carboxylic acids is 1. The van der Waals surface area contributed by atoms with Crippen molar-refractivity contribution in [2.45, 2.75) is 46.5 Å². The number of aryl methyl sites for hydroxylation is 1. The van der Waals surface area contributed by atoms with Gasteiger partial charge in [0.05, 0.1) is 0 Å². The van der Waals surface area contributed by atoms with E-state index in [1.165, 1.54) is 11.9 Å². The fourth-order valence-corrected chi connectivity index (χ4v) is 3.47. The Morgan fingerprint density at radius 2 is 1.93 bits per heavy atom. The van der Waals surface area contributed by atoms with Gasteiger partial charge in [-0.2, -0.15) is 0 Å². The largest absolute Gasteiger partial charge is 0.439 e. The molecule has 0 bridgehead atoms. The molecule has 0 saturated carbocycles. The normalized spacial score (nSPS) is 14.8. The molecule has 1 saturated heterocycles. The fourth-order valence-electron chi connectivity index (χ4n) is 3.47. The number of ether oxygens (including phenoxy) is 1. The number of hydrogen-bond acceptors (Lipinski definition) is 5. The summed E-state index contributed by atoms with van der Waals surface area (Å²) in [6, 6.07) is 9.92. The molecular weight excluding hydrogens is 364 g/mol. The molecule has 1 N–H and O–H groups in total. The lowest BCUT2D eigenvalue weighted by Gasteiger charge is -2.32. The van der Waals surface area contributed by atoms with Gasteiger partial charge in [-0.1, -0.05) is 32.9 Å². The van der Waals surface area contributed by atoms with Gasteiger partial charge in [0, 0.05) is 31.6 Å². The summed E-state index contributed by atoms with van der Waals surface area (Å²) in [5.74, 6) is 3.03. The smallest absolute Gasteiger partial charge is 0.224 e. The zero-order valence-electron chi connectivity index (χ0n) is 17.7. The highest BCUT2D eigenvalue weighted by molar-refractivity contribution is 5.78. The number of piperidine rings is 1. The number of rotatable bonds is 8. The van der Waals surface area contributed by atoms with E-state index in [9.17, 15) is 4.79 Å². The Balaban J connectivity index is 1.53. The quantitative estimate of drug-likeness (QED) is 0.724. The summed E-state index contributed by atoms with van der Waals surface area (Å²) >= 11 is 0. The molecule has 3 rings (SSSR count). The van der Waals surface area contributed by atoms with Crippen LogP contribution in [0.2, 0.25) is 0 Å². The SMILES string of the molecule is CCc1ccc(Oc2cc(N3CCC(C(=O)NCCC(C)C)CC3)ncn2)cc1. The highest BCUT2D eigenvalue weighted by Crippen LogP contribution is 2.26. The van der Waals surface area contributed by atoms with Crippen LogP contribution in [-0.2, 0) is 11.2 Å². The van der Waals surface area contributed by atoms with Crippen molar-refractivity contribution in [3.05, 3.63) is 42.2 Å². The van der Waals surface area contributed by atoms with E-state index in [0.717, 1.165) is 56.9 Å². The van der Waals surface area contributed by atoms with Gasteiger partial charge in [-0.15, -0.1) is 0 Å². The Morgan fingerprint density at radius 3 is 2.59 bits per heavy atom. The molecule has 0 radical (unpaired) electrons. The van der Waals surface area contributed by atoms with Gasteiger partial charge < -0.3 is 15.0 Å². The van der Waals surface area contributed by atoms with Crippen LogP contribution in [0.3, 0.4) is 0 Å². The summed E-state index contributed by atoms with van der Waals surface area (Å²) < 4.78 is 5.89. The number of aromatic nitrogens is 2. The average Bonchev–Trinajstić information content (AvgIpc) is 2.74. The molecule has 29 heavy (non-hydrogen) atoms. The maximum atomic E-state index is 12.4. The number of nitrogens with one attached hydrogen (secondary N) is 1. The van der Waals surface area contributed by atoms with E-state index in [-0.39, 0.29) is 11.8 Å². The topological polar surface area (TPSA) is 67.3 Å². The molecule has 2 heterocycles. The zero-order valence-corrected chi connectivity index (χ0v) is 17.7. The minimum Gasteiger partial charge on any atom is -0.439 e. The molecule has 1 aromatic heterocycles. The van der Waals surface area contributed by atoms with Crippen molar-refractivity contribution in [3.8, 4) is 11.6 Å². The third kappa shape index (κ3) is 6.17. The predicted octanol–water partition coefficient (Wildman–Crippen LogP) is 4.21. The van der Waals surface area contributed by atoms with Gasteiger partial charge in [-0.05, 0) is 49.3 Å². The van der Waals surface area contributed by atoms with Crippen LogP contribution in [0.4, 0.5) is 5.82 Å².